The molecule has 0 aliphatic heterocycles. The van der Waals surface area contributed by atoms with Crippen LogP contribution >= 0.6 is 11.6 Å². The predicted molar refractivity (Wildman–Crippen MR) is 90.9 cm³/mol. The molecule has 0 amide bonds. The minimum atomic E-state index is -3.55. The van der Waals surface area contributed by atoms with Crippen molar-refractivity contribution in [1.29, 1.82) is 0 Å². The molecule has 0 atom stereocenters. The Hall–Kier alpha value is -1.90. The molecule has 0 radical (unpaired) electrons. The Morgan fingerprint density at radius 2 is 2.09 bits per heavy atom. The summed E-state index contributed by atoms with van der Waals surface area (Å²) in [6.45, 7) is 2.71. The van der Waals surface area contributed by atoms with Crippen molar-refractivity contribution in [3.8, 4) is 0 Å². The van der Waals surface area contributed by atoms with Crippen molar-refractivity contribution >= 4 is 33.1 Å². The lowest BCUT2D eigenvalue weighted by atomic mass is 10.3. The zero-order chi connectivity index (χ0) is 16.9. The number of sulfonamides is 1. The van der Waals surface area contributed by atoms with Crippen molar-refractivity contribution in [1.82, 2.24) is 14.7 Å². The number of aromatic nitrogens is 2. The monoisotopic (exact) mass is 355 g/mol. The number of nitrogens with one attached hydrogen (secondary N) is 2. The maximum atomic E-state index is 12.1. The van der Waals surface area contributed by atoms with Gasteiger partial charge < -0.3 is 11.1 Å². The number of nitrogen functional groups attached to an aromatic ring is 1. The van der Waals surface area contributed by atoms with Crippen LogP contribution in [0.2, 0.25) is 5.28 Å². The molecule has 7 nitrogen and oxygen atoms in total. The van der Waals surface area contributed by atoms with Gasteiger partial charge in [0.2, 0.25) is 15.3 Å². The Bertz CT molecular complexity index is 782. The summed E-state index contributed by atoms with van der Waals surface area (Å²) in [4.78, 5) is 8.09. The van der Waals surface area contributed by atoms with Crippen molar-refractivity contribution in [2.75, 3.05) is 24.1 Å². The van der Waals surface area contributed by atoms with E-state index in [1.165, 1.54) is 12.1 Å². The summed E-state index contributed by atoms with van der Waals surface area (Å²) >= 11 is 5.73. The summed E-state index contributed by atoms with van der Waals surface area (Å²) in [7, 11) is -3.55. The SMILES string of the molecule is Cc1cnc(Cl)nc1NCCCNS(=O)(=O)c1cccc(N)c1. The molecule has 0 saturated heterocycles. The standard InChI is InChI=1S/C14H18ClN5O2S/c1-10-9-18-14(15)20-13(10)17-6-3-7-19-23(21,22)12-5-2-4-11(16)8-12/h2,4-5,8-9,19H,3,6-7,16H2,1H3,(H,17,18,20). The first kappa shape index (κ1) is 17.5. The second-order valence-electron chi connectivity index (χ2n) is 4.92. The highest BCUT2D eigenvalue weighted by Gasteiger charge is 2.13. The van der Waals surface area contributed by atoms with E-state index in [0.29, 0.717) is 31.0 Å². The summed E-state index contributed by atoms with van der Waals surface area (Å²) in [5, 5.41) is 3.27. The maximum absolute atomic E-state index is 12.1. The molecule has 1 aromatic carbocycles. The highest BCUT2D eigenvalue weighted by molar-refractivity contribution is 7.89. The first-order valence-electron chi connectivity index (χ1n) is 6.97. The summed E-state index contributed by atoms with van der Waals surface area (Å²) in [6, 6.07) is 6.17. The molecule has 2 rings (SSSR count). The molecular formula is C14H18ClN5O2S. The van der Waals surface area contributed by atoms with Crippen LogP contribution < -0.4 is 15.8 Å². The Labute approximate surface area is 140 Å². The fraction of sp³-hybridized carbons (Fsp3) is 0.286. The molecule has 4 N–H and O–H groups in total. The number of benzene rings is 1. The second-order valence-corrected chi connectivity index (χ2v) is 7.03. The molecule has 0 aliphatic rings. The molecule has 2 aromatic rings. The third kappa shape index (κ3) is 5.05. The van der Waals surface area contributed by atoms with Crippen LogP contribution in [-0.4, -0.2) is 31.5 Å². The topological polar surface area (TPSA) is 110 Å². The second kappa shape index (κ2) is 7.58. The largest absolute Gasteiger partial charge is 0.399 e. The van der Waals surface area contributed by atoms with E-state index in [9.17, 15) is 8.42 Å². The highest BCUT2D eigenvalue weighted by Crippen LogP contribution is 2.13. The molecule has 124 valence electrons. The number of aryl methyl sites for hydroxylation is 1. The zero-order valence-electron chi connectivity index (χ0n) is 12.6. The quantitative estimate of drug-likeness (QED) is 0.397. The molecule has 0 spiro atoms. The summed E-state index contributed by atoms with van der Waals surface area (Å²) < 4.78 is 26.7. The van der Waals surface area contributed by atoms with Gasteiger partial charge in [0.25, 0.3) is 0 Å². The van der Waals surface area contributed by atoms with Gasteiger partial charge in [-0.25, -0.2) is 23.1 Å². The molecule has 0 bridgehead atoms. The summed E-state index contributed by atoms with van der Waals surface area (Å²) in [6.07, 6.45) is 2.21. The van der Waals surface area contributed by atoms with E-state index in [2.05, 4.69) is 20.0 Å². The van der Waals surface area contributed by atoms with Crippen molar-refractivity contribution in [3.05, 3.63) is 41.3 Å². The molecule has 0 saturated carbocycles. The van der Waals surface area contributed by atoms with Crippen LogP contribution in [0.25, 0.3) is 0 Å². The number of hydrogen-bond donors (Lipinski definition) is 3. The Balaban J connectivity index is 1.82. The van der Waals surface area contributed by atoms with Gasteiger partial charge in [-0.05, 0) is 43.1 Å². The zero-order valence-corrected chi connectivity index (χ0v) is 14.2. The average Bonchev–Trinajstić information content (AvgIpc) is 2.50. The lowest BCUT2D eigenvalue weighted by Gasteiger charge is -2.09. The predicted octanol–water partition coefficient (Wildman–Crippen LogP) is 1.80. The van der Waals surface area contributed by atoms with E-state index < -0.39 is 10.0 Å². The van der Waals surface area contributed by atoms with Gasteiger partial charge >= 0.3 is 0 Å². The molecule has 0 unspecified atom stereocenters. The van der Waals surface area contributed by atoms with Crippen LogP contribution in [0.15, 0.2) is 35.4 Å². The fourth-order valence-corrected chi connectivity index (χ4v) is 3.13. The first-order chi connectivity index (χ1) is 10.9. The number of nitrogens with two attached hydrogens (primary N) is 1. The Morgan fingerprint density at radius 3 is 2.83 bits per heavy atom. The summed E-state index contributed by atoms with van der Waals surface area (Å²) in [5.41, 5.74) is 6.88. The van der Waals surface area contributed by atoms with E-state index in [4.69, 9.17) is 17.3 Å². The number of anilines is 2. The van der Waals surface area contributed by atoms with E-state index in [-0.39, 0.29) is 10.2 Å². The van der Waals surface area contributed by atoms with Crippen molar-refractivity contribution < 1.29 is 8.42 Å². The summed E-state index contributed by atoms with van der Waals surface area (Å²) in [5.74, 6) is 0.642. The van der Waals surface area contributed by atoms with Crippen LogP contribution in [0.5, 0.6) is 0 Å². The maximum Gasteiger partial charge on any atom is 0.240 e. The smallest absolute Gasteiger partial charge is 0.240 e. The van der Waals surface area contributed by atoms with Crippen LogP contribution in [-0.2, 0) is 10.0 Å². The third-order valence-electron chi connectivity index (χ3n) is 3.05. The molecule has 23 heavy (non-hydrogen) atoms. The average molecular weight is 356 g/mol. The molecule has 1 heterocycles. The lowest BCUT2D eigenvalue weighted by Crippen LogP contribution is -2.26. The molecule has 0 aliphatic carbocycles. The van der Waals surface area contributed by atoms with Crippen LogP contribution in [0.4, 0.5) is 11.5 Å². The van der Waals surface area contributed by atoms with Crippen molar-refractivity contribution in [2.24, 2.45) is 0 Å². The minimum absolute atomic E-state index is 0.156. The van der Waals surface area contributed by atoms with E-state index in [0.717, 1.165) is 5.56 Å². The van der Waals surface area contributed by atoms with Crippen LogP contribution in [0.1, 0.15) is 12.0 Å². The highest BCUT2D eigenvalue weighted by atomic mass is 35.5. The molecular weight excluding hydrogens is 338 g/mol. The van der Waals surface area contributed by atoms with Crippen LogP contribution in [0.3, 0.4) is 0 Å². The Kier molecular flexibility index (Phi) is 5.75. The molecule has 1 aromatic heterocycles. The number of nitrogens with zero attached hydrogens (tertiary/aromatic N) is 2. The minimum Gasteiger partial charge on any atom is -0.399 e. The van der Waals surface area contributed by atoms with E-state index in [1.54, 1.807) is 18.3 Å². The number of rotatable bonds is 7. The van der Waals surface area contributed by atoms with Gasteiger partial charge in [-0.3, -0.25) is 0 Å². The Morgan fingerprint density at radius 1 is 1.30 bits per heavy atom. The molecule has 0 fully saturated rings. The van der Waals surface area contributed by atoms with Crippen LogP contribution in [0, 0.1) is 6.92 Å². The van der Waals surface area contributed by atoms with Gasteiger partial charge in [-0.1, -0.05) is 6.07 Å². The normalized spacial score (nSPS) is 11.4. The van der Waals surface area contributed by atoms with Crippen molar-refractivity contribution in [2.45, 2.75) is 18.2 Å². The number of hydrogen-bond acceptors (Lipinski definition) is 6. The van der Waals surface area contributed by atoms with Gasteiger partial charge in [0.1, 0.15) is 5.82 Å². The van der Waals surface area contributed by atoms with E-state index >= 15 is 0 Å². The first-order valence-corrected chi connectivity index (χ1v) is 8.83. The third-order valence-corrected chi connectivity index (χ3v) is 4.69. The molecule has 9 heteroatoms. The lowest BCUT2D eigenvalue weighted by molar-refractivity contribution is 0.580. The van der Waals surface area contributed by atoms with Gasteiger partial charge in [0.15, 0.2) is 0 Å². The number of halogens is 1. The van der Waals surface area contributed by atoms with Gasteiger partial charge in [-0.2, -0.15) is 0 Å². The van der Waals surface area contributed by atoms with Gasteiger partial charge in [-0.15, -0.1) is 0 Å². The van der Waals surface area contributed by atoms with Crippen molar-refractivity contribution in [3.63, 3.8) is 0 Å². The van der Waals surface area contributed by atoms with Gasteiger partial charge in [0.05, 0.1) is 4.90 Å². The van der Waals surface area contributed by atoms with Gasteiger partial charge in [0, 0.05) is 30.5 Å². The van der Waals surface area contributed by atoms with E-state index in [1.807, 2.05) is 6.92 Å². The fourth-order valence-electron chi connectivity index (χ4n) is 1.87.